The number of nitrogens with two attached hydrogens (primary N) is 1. The Bertz CT molecular complexity index is 379. The smallest absolute Gasteiger partial charge is 0.124 e. The predicted molar refractivity (Wildman–Crippen MR) is 54.8 cm³/mol. The first kappa shape index (κ1) is 10.3. The quantitative estimate of drug-likeness (QED) is 0.735. The van der Waals surface area contributed by atoms with Gasteiger partial charge in [-0.3, -0.25) is 0 Å². The second kappa shape index (κ2) is 4.45. The topological polar surface area (TPSA) is 59.0 Å². The van der Waals surface area contributed by atoms with Crippen molar-refractivity contribution in [3.8, 4) is 11.8 Å². The van der Waals surface area contributed by atoms with Crippen LogP contribution in [0.4, 0.5) is 0 Å². The van der Waals surface area contributed by atoms with Crippen LogP contribution in [0.5, 0.6) is 5.75 Å². The molecular formula is C11H12N2O. The van der Waals surface area contributed by atoms with E-state index in [1.54, 1.807) is 31.4 Å². The number of methoxy groups -OCH3 is 1. The van der Waals surface area contributed by atoms with Crippen molar-refractivity contribution in [2.24, 2.45) is 5.73 Å². The standard InChI is InChI=1S/C11H12N2O/c1-3-10(13)9-6-8(7-12)4-5-11(9)14-2/h3-6,10H,1,13H2,2H3/t10-/m0/s1. The van der Waals surface area contributed by atoms with Gasteiger partial charge in [-0.15, -0.1) is 6.58 Å². The largest absolute Gasteiger partial charge is 0.496 e. The molecule has 14 heavy (non-hydrogen) atoms. The van der Waals surface area contributed by atoms with Crippen LogP contribution in [0.2, 0.25) is 0 Å². The van der Waals surface area contributed by atoms with Gasteiger partial charge in [0.2, 0.25) is 0 Å². The van der Waals surface area contributed by atoms with Gasteiger partial charge in [0.15, 0.2) is 0 Å². The first-order valence-corrected chi connectivity index (χ1v) is 4.19. The normalized spacial score (nSPS) is 11.5. The summed E-state index contributed by atoms with van der Waals surface area (Å²) in [6.45, 7) is 3.60. The van der Waals surface area contributed by atoms with E-state index >= 15 is 0 Å². The van der Waals surface area contributed by atoms with E-state index in [4.69, 9.17) is 15.7 Å². The zero-order valence-corrected chi connectivity index (χ0v) is 8.03. The molecule has 0 amide bonds. The number of ether oxygens (including phenoxy) is 1. The number of benzene rings is 1. The lowest BCUT2D eigenvalue weighted by atomic mass is 10.0. The summed E-state index contributed by atoms with van der Waals surface area (Å²) in [6.07, 6.45) is 1.61. The van der Waals surface area contributed by atoms with E-state index in [0.29, 0.717) is 11.3 Å². The molecule has 0 aliphatic carbocycles. The highest BCUT2D eigenvalue weighted by Crippen LogP contribution is 2.25. The minimum Gasteiger partial charge on any atom is -0.496 e. The maximum Gasteiger partial charge on any atom is 0.124 e. The summed E-state index contributed by atoms with van der Waals surface area (Å²) in [7, 11) is 1.57. The third-order valence-corrected chi connectivity index (χ3v) is 1.97. The third-order valence-electron chi connectivity index (χ3n) is 1.97. The molecule has 0 saturated heterocycles. The minimum atomic E-state index is -0.307. The van der Waals surface area contributed by atoms with Crippen LogP contribution in [0.1, 0.15) is 17.2 Å². The van der Waals surface area contributed by atoms with Crippen molar-refractivity contribution in [2.45, 2.75) is 6.04 Å². The molecule has 1 atom stereocenters. The Morgan fingerprint density at radius 2 is 2.36 bits per heavy atom. The van der Waals surface area contributed by atoms with E-state index in [-0.39, 0.29) is 6.04 Å². The minimum absolute atomic E-state index is 0.307. The summed E-state index contributed by atoms with van der Waals surface area (Å²) in [5.74, 6) is 0.677. The SMILES string of the molecule is C=C[C@H](N)c1cc(C#N)ccc1OC. The van der Waals surface area contributed by atoms with Gasteiger partial charge in [-0.2, -0.15) is 5.26 Å². The lowest BCUT2D eigenvalue weighted by molar-refractivity contribution is 0.408. The molecule has 0 radical (unpaired) electrons. The molecule has 0 spiro atoms. The summed E-state index contributed by atoms with van der Waals surface area (Å²) in [5, 5.41) is 8.72. The molecule has 1 rings (SSSR count). The van der Waals surface area contributed by atoms with Crippen molar-refractivity contribution in [1.82, 2.24) is 0 Å². The Labute approximate surface area is 83.4 Å². The highest BCUT2D eigenvalue weighted by Gasteiger charge is 2.09. The molecule has 3 heteroatoms. The molecular weight excluding hydrogens is 176 g/mol. The number of rotatable bonds is 3. The average Bonchev–Trinajstić information content (AvgIpc) is 2.27. The summed E-state index contributed by atoms with van der Waals surface area (Å²) >= 11 is 0. The van der Waals surface area contributed by atoms with Crippen LogP contribution in [0.25, 0.3) is 0 Å². The fourth-order valence-corrected chi connectivity index (χ4v) is 1.19. The second-order valence-corrected chi connectivity index (χ2v) is 2.83. The van der Waals surface area contributed by atoms with E-state index in [2.05, 4.69) is 12.6 Å². The van der Waals surface area contributed by atoms with Gasteiger partial charge in [-0.25, -0.2) is 0 Å². The Morgan fingerprint density at radius 3 is 2.86 bits per heavy atom. The highest BCUT2D eigenvalue weighted by atomic mass is 16.5. The first-order chi connectivity index (χ1) is 6.72. The summed E-state index contributed by atoms with van der Waals surface area (Å²) in [5.41, 5.74) is 7.13. The van der Waals surface area contributed by atoms with Crippen molar-refractivity contribution in [3.05, 3.63) is 42.0 Å². The van der Waals surface area contributed by atoms with Crippen molar-refractivity contribution in [2.75, 3.05) is 7.11 Å². The van der Waals surface area contributed by atoms with Crippen LogP contribution in [0.15, 0.2) is 30.9 Å². The molecule has 0 fully saturated rings. The van der Waals surface area contributed by atoms with Gasteiger partial charge in [0.25, 0.3) is 0 Å². The maximum absolute atomic E-state index is 8.72. The molecule has 0 unspecified atom stereocenters. The van der Waals surface area contributed by atoms with E-state index in [1.807, 2.05) is 0 Å². The molecule has 72 valence electrons. The molecule has 1 aromatic carbocycles. The van der Waals surface area contributed by atoms with Gasteiger partial charge in [0.05, 0.1) is 24.8 Å². The number of hydrogen-bond donors (Lipinski definition) is 1. The summed E-state index contributed by atoms with van der Waals surface area (Å²) in [6, 6.07) is 6.88. The fourth-order valence-electron chi connectivity index (χ4n) is 1.19. The van der Waals surface area contributed by atoms with Crippen LogP contribution in [-0.4, -0.2) is 7.11 Å². The van der Waals surface area contributed by atoms with E-state index < -0.39 is 0 Å². The van der Waals surface area contributed by atoms with Crippen LogP contribution >= 0.6 is 0 Å². The Kier molecular flexibility index (Phi) is 3.27. The number of hydrogen-bond acceptors (Lipinski definition) is 3. The van der Waals surface area contributed by atoms with Gasteiger partial charge < -0.3 is 10.5 Å². The van der Waals surface area contributed by atoms with Crippen molar-refractivity contribution >= 4 is 0 Å². The van der Waals surface area contributed by atoms with Crippen LogP contribution in [-0.2, 0) is 0 Å². The summed E-state index contributed by atoms with van der Waals surface area (Å²) < 4.78 is 5.13. The van der Waals surface area contributed by atoms with Crippen LogP contribution < -0.4 is 10.5 Å². The van der Waals surface area contributed by atoms with Gasteiger partial charge in [-0.1, -0.05) is 6.08 Å². The zero-order chi connectivity index (χ0) is 10.6. The molecule has 0 aliphatic rings. The molecule has 0 aromatic heterocycles. The number of nitrogens with zero attached hydrogens (tertiary/aromatic N) is 1. The Hall–Kier alpha value is -1.79. The third kappa shape index (κ3) is 1.93. The second-order valence-electron chi connectivity index (χ2n) is 2.83. The lowest BCUT2D eigenvalue weighted by Crippen LogP contribution is -2.08. The van der Waals surface area contributed by atoms with Gasteiger partial charge >= 0.3 is 0 Å². The van der Waals surface area contributed by atoms with Crippen molar-refractivity contribution in [3.63, 3.8) is 0 Å². The Balaban J connectivity index is 3.22. The molecule has 2 N–H and O–H groups in total. The maximum atomic E-state index is 8.72. The monoisotopic (exact) mass is 188 g/mol. The van der Waals surface area contributed by atoms with Gasteiger partial charge in [0.1, 0.15) is 5.75 Å². The Morgan fingerprint density at radius 1 is 1.64 bits per heavy atom. The van der Waals surface area contributed by atoms with Gasteiger partial charge in [-0.05, 0) is 18.2 Å². The van der Waals surface area contributed by atoms with E-state index in [0.717, 1.165) is 5.56 Å². The van der Waals surface area contributed by atoms with Crippen molar-refractivity contribution < 1.29 is 4.74 Å². The lowest BCUT2D eigenvalue weighted by Gasteiger charge is -2.12. The molecule has 0 bridgehead atoms. The highest BCUT2D eigenvalue weighted by molar-refractivity contribution is 5.44. The molecule has 0 saturated carbocycles. The molecule has 1 aromatic rings. The van der Waals surface area contributed by atoms with Crippen molar-refractivity contribution in [1.29, 1.82) is 5.26 Å². The van der Waals surface area contributed by atoms with E-state index in [9.17, 15) is 0 Å². The molecule has 3 nitrogen and oxygen atoms in total. The fraction of sp³-hybridized carbons (Fsp3) is 0.182. The summed E-state index contributed by atoms with van der Waals surface area (Å²) in [4.78, 5) is 0. The molecule has 0 aliphatic heterocycles. The first-order valence-electron chi connectivity index (χ1n) is 4.19. The zero-order valence-electron chi connectivity index (χ0n) is 8.03. The average molecular weight is 188 g/mol. The molecule has 0 heterocycles. The van der Waals surface area contributed by atoms with Crippen LogP contribution in [0, 0.1) is 11.3 Å². The predicted octanol–water partition coefficient (Wildman–Crippen LogP) is 1.75. The van der Waals surface area contributed by atoms with Crippen LogP contribution in [0.3, 0.4) is 0 Å². The number of nitriles is 1. The van der Waals surface area contributed by atoms with E-state index in [1.165, 1.54) is 0 Å². The van der Waals surface area contributed by atoms with Gasteiger partial charge in [0, 0.05) is 5.56 Å².